The van der Waals surface area contributed by atoms with E-state index in [1.807, 2.05) is 0 Å². The third-order valence-corrected chi connectivity index (χ3v) is 4.52. The smallest absolute Gasteiger partial charge is 0.264 e. The van der Waals surface area contributed by atoms with Crippen molar-refractivity contribution in [3.05, 3.63) is 58.9 Å². The molecule has 3 N–H and O–H groups in total. The number of carbonyl (C=O) groups is 1. The molecule has 0 aromatic heterocycles. The molecule has 0 unspecified atom stereocenters. The second kappa shape index (κ2) is 5.76. The van der Waals surface area contributed by atoms with Crippen LogP contribution in [0.15, 0.2) is 41.3 Å². The molecule has 0 saturated heterocycles. The van der Waals surface area contributed by atoms with Crippen LogP contribution in [-0.2, 0) is 10.0 Å². The molecule has 2 rings (SSSR count). The van der Waals surface area contributed by atoms with Gasteiger partial charge in [0, 0.05) is 0 Å². The average molecular weight is 322 g/mol. The third kappa shape index (κ3) is 3.09. The Morgan fingerprint density at radius 1 is 1.18 bits per heavy atom. The number of hydrogen-bond acceptors (Lipinski definition) is 3. The maximum Gasteiger partial charge on any atom is 0.264 e. The summed E-state index contributed by atoms with van der Waals surface area (Å²) in [7, 11) is -4.18. The highest BCUT2D eigenvalue weighted by Gasteiger charge is 2.22. The molecule has 116 valence electrons. The Bertz CT molecular complexity index is 848. The number of halogens is 1. The lowest BCUT2D eigenvalue weighted by molar-refractivity contribution is 0.100. The molecule has 0 aliphatic heterocycles. The third-order valence-electron chi connectivity index (χ3n) is 3.15. The van der Waals surface area contributed by atoms with Crippen molar-refractivity contribution < 1.29 is 17.6 Å². The predicted octanol–water partition coefficient (Wildman–Crippen LogP) is 2.34. The molecule has 1 amide bonds. The molecule has 0 bridgehead atoms. The van der Waals surface area contributed by atoms with Gasteiger partial charge in [-0.1, -0.05) is 18.2 Å². The number of anilines is 1. The molecule has 2 aromatic rings. The molecule has 5 nitrogen and oxygen atoms in total. The van der Waals surface area contributed by atoms with Crippen molar-refractivity contribution in [2.75, 3.05) is 4.72 Å². The summed E-state index contributed by atoms with van der Waals surface area (Å²) in [5.74, 6) is -1.64. The van der Waals surface area contributed by atoms with Gasteiger partial charge in [0.1, 0.15) is 10.7 Å². The summed E-state index contributed by atoms with van der Waals surface area (Å²) in [5, 5.41) is 0. The first-order chi connectivity index (χ1) is 10.2. The van der Waals surface area contributed by atoms with Gasteiger partial charge in [-0.2, -0.15) is 0 Å². The fourth-order valence-corrected chi connectivity index (χ4v) is 3.33. The molecule has 0 spiro atoms. The number of para-hydroxylation sites is 1. The van der Waals surface area contributed by atoms with E-state index in [2.05, 4.69) is 4.72 Å². The van der Waals surface area contributed by atoms with Gasteiger partial charge in [-0.05, 0) is 43.2 Å². The van der Waals surface area contributed by atoms with Gasteiger partial charge < -0.3 is 5.73 Å². The van der Waals surface area contributed by atoms with Crippen LogP contribution >= 0.6 is 0 Å². The van der Waals surface area contributed by atoms with Gasteiger partial charge in [-0.25, -0.2) is 12.8 Å². The lowest BCUT2D eigenvalue weighted by Gasteiger charge is -2.14. The quantitative estimate of drug-likeness (QED) is 0.905. The number of hydrogen-bond donors (Lipinski definition) is 2. The monoisotopic (exact) mass is 322 g/mol. The number of sulfonamides is 1. The Hall–Kier alpha value is -2.41. The maximum absolute atomic E-state index is 13.8. The molecular weight excluding hydrogens is 307 g/mol. The standard InChI is InChI=1S/C15H15FN2O3S/c1-9-6-7-12(16)13(8-9)22(20,21)18-14-10(2)4-3-5-11(14)15(17)19/h3-8,18H,1-2H3,(H2,17,19). The van der Waals surface area contributed by atoms with Crippen LogP contribution in [0.5, 0.6) is 0 Å². The SMILES string of the molecule is Cc1ccc(F)c(S(=O)(=O)Nc2c(C)cccc2C(N)=O)c1. The van der Waals surface area contributed by atoms with Crippen LogP contribution in [0.3, 0.4) is 0 Å². The zero-order valence-electron chi connectivity index (χ0n) is 12.1. The fraction of sp³-hybridized carbons (Fsp3) is 0.133. The minimum Gasteiger partial charge on any atom is -0.366 e. The van der Waals surface area contributed by atoms with E-state index in [0.29, 0.717) is 11.1 Å². The van der Waals surface area contributed by atoms with E-state index >= 15 is 0 Å². The highest BCUT2D eigenvalue weighted by molar-refractivity contribution is 7.92. The Balaban J connectivity index is 2.55. The van der Waals surface area contributed by atoms with E-state index in [1.54, 1.807) is 26.0 Å². The molecule has 7 heteroatoms. The topological polar surface area (TPSA) is 89.3 Å². The molecule has 2 aromatic carbocycles. The van der Waals surface area contributed by atoms with Crippen LogP contribution < -0.4 is 10.5 Å². The number of benzene rings is 2. The molecule has 0 saturated carbocycles. The molecule has 0 aliphatic rings. The number of nitrogens with two attached hydrogens (primary N) is 1. The average Bonchev–Trinajstić information content (AvgIpc) is 2.43. The molecule has 0 atom stereocenters. The number of amides is 1. The maximum atomic E-state index is 13.8. The normalized spacial score (nSPS) is 11.2. The van der Waals surface area contributed by atoms with Gasteiger partial charge in [-0.3, -0.25) is 9.52 Å². The second-order valence-electron chi connectivity index (χ2n) is 4.90. The summed E-state index contributed by atoms with van der Waals surface area (Å²) in [6.45, 7) is 3.28. The van der Waals surface area contributed by atoms with Crippen molar-refractivity contribution in [1.82, 2.24) is 0 Å². The van der Waals surface area contributed by atoms with Crippen LogP contribution in [-0.4, -0.2) is 14.3 Å². The second-order valence-corrected chi connectivity index (χ2v) is 6.55. The van der Waals surface area contributed by atoms with Crippen molar-refractivity contribution in [1.29, 1.82) is 0 Å². The number of aryl methyl sites for hydroxylation is 2. The summed E-state index contributed by atoms with van der Waals surface area (Å²) in [5.41, 5.74) is 6.43. The van der Waals surface area contributed by atoms with Crippen LogP contribution in [0.4, 0.5) is 10.1 Å². The van der Waals surface area contributed by atoms with Gasteiger partial charge in [0.15, 0.2) is 0 Å². The minimum atomic E-state index is -4.18. The summed E-state index contributed by atoms with van der Waals surface area (Å²) in [6.07, 6.45) is 0. The van der Waals surface area contributed by atoms with Crippen LogP contribution in [0, 0.1) is 19.7 Å². The molecule has 0 fully saturated rings. The molecule has 0 radical (unpaired) electrons. The fourth-order valence-electron chi connectivity index (χ4n) is 2.01. The van der Waals surface area contributed by atoms with Gasteiger partial charge in [0.05, 0.1) is 11.3 Å². The van der Waals surface area contributed by atoms with Crippen molar-refractivity contribution >= 4 is 21.6 Å². The Morgan fingerprint density at radius 3 is 2.50 bits per heavy atom. The van der Waals surface area contributed by atoms with Gasteiger partial charge in [0.25, 0.3) is 15.9 Å². The highest BCUT2D eigenvalue weighted by atomic mass is 32.2. The van der Waals surface area contributed by atoms with Gasteiger partial charge >= 0.3 is 0 Å². The summed E-state index contributed by atoms with van der Waals surface area (Å²) < 4.78 is 40.9. The van der Waals surface area contributed by atoms with Crippen molar-refractivity contribution in [2.45, 2.75) is 18.7 Å². The lowest BCUT2D eigenvalue weighted by Crippen LogP contribution is -2.20. The molecule has 22 heavy (non-hydrogen) atoms. The molecule has 0 heterocycles. The van der Waals surface area contributed by atoms with Crippen molar-refractivity contribution in [3.8, 4) is 0 Å². The van der Waals surface area contributed by atoms with E-state index in [4.69, 9.17) is 5.73 Å². The first-order valence-electron chi connectivity index (χ1n) is 6.41. The summed E-state index contributed by atoms with van der Waals surface area (Å²) in [4.78, 5) is 11.0. The zero-order valence-corrected chi connectivity index (χ0v) is 12.9. The minimum absolute atomic E-state index is 0.0247. The van der Waals surface area contributed by atoms with E-state index in [0.717, 1.165) is 6.07 Å². The van der Waals surface area contributed by atoms with E-state index in [9.17, 15) is 17.6 Å². The van der Waals surface area contributed by atoms with E-state index < -0.39 is 26.6 Å². The molecule has 0 aliphatic carbocycles. The lowest BCUT2D eigenvalue weighted by atomic mass is 10.1. The Morgan fingerprint density at radius 2 is 1.86 bits per heavy atom. The highest BCUT2D eigenvalue weighted by Crippen LogP contribution is 2.25. The van der Waals surface area contributed by atoms with Gasteiger partial charge in [0.2, 0.25) is 0 Å². The molecular formula is C15H15FN2O3S. The number of nitrogens with one attached hydrogen (secondary N) is 1. The van der Waals surface area contributed by atoms with E-state index in [-0.39, 0.29) is 11.3 Å². The van der Waals surface area contributed by atoms with Crippen molar-refractivity contribution in [2.24, 2.45) is 5.73 Å². The Kier molecular flexibility index (Phi) is 4.18. The number of rotatable bonds is 4. The summed E-state index contributed by atoms with van der Waals surface area (Å²) in [6, 6.07) is 8.38. The first kappa shape index (κ1) is 16.0. The zero-order chi connectivity index (χ0) is 16.5. The summed E-state index contributed by atoms with van der Waals surface area (Å²) >= 11 is 0. The van der Waals surface area contributed by atoms with Gasteiger partial charge in [-0.15, -0.1) is 0 Å². The van der Waals surface area contributed by atoms with Crippen LogP contribution in [0.1, 0.15) is 21.5 Å². The van der Waals surface area contributed by atoms with Crippen LogP contribution in [0.2, 0.25) is 0 Å². The van der Waals surface area contributed by atoms with Crippen molar-refractivity contribution in [3.63, 3.8) is 0 Å². The largest absolute Gasteiger partial charge is 0.366 e. The Labute approximate surface area is 128 Å². The van der Waals surface area contributed by atoms with E-state index in [1.165, 1.54) is 18.2 Å². The van der Waals surface area contributed by atoms with Crippen LogP contribution in [0.25, 0.3) is 0 Å². The number of carbonyl (C=O) groups excluding carboxylic acids is 1. The number of primary amides is 1. The first-order valence-corrected chi connectivity index (χ1v) is 7.89. The predicted molar refractivity (Wildman–Crippen MR) is 81.6 cm³/mol.